The maximum Gasteiger partial charge on any atom is 0.483 e. The molecular weight excluding hydrogens is 334 g/mol. The van der Waals surface area contributed by atoms with Gasteiger partial charge in [0.2, 0.25) is 0 Å². The molecule has 1 N–H and O–H groups in total. The average Bonchev–Trinajstić information content (AvgIpc) is 2.51. The second-order valence-electron chi connectivity index (χ2n) is 4.32. The fourth-order valence-corrected chi connectivity index (χ4v) is 1.89. The molecule has 2 rings (SSSR count). The highest BCUT2D eigenvalue weighted by atomic mass is 32.1. The van der Waals surface area contributed by atoms with Crippen molar-refractivity contribution in [3.63, 3.8) is 0 Å². The largest absolute Gasteiger partial charge is 0.507 e. The van der Waals surface area contributed by atoms with Gasteiger partial charge < -0.3 is 14.6 Å². The number of thiol groups is 1. The fraction of sp³-hybridized carbons (Fsp3) is 0.214. The predicted octanol–water partition coefficient (Wildman–Crippen LogP) is 2.85. The number of phenolic OH excluding ortho intramolecular Hbond substituents is 1. The number of rotatable bonds is 7. The van der Waals surface area contributed by atoms with Crippen LogP contribution in [0.15, 0.2) is 36.4 Å². The molecule has 0 fully saturated rings. The molecule has 6 nitrogen and oxygen atoms in total. The zero-order valence-electron chi connectivity index (χ0n) is 11.6. The third-order valence-corrected chi connectivity index (χ3v) is 2.87. The van der Waals surface area contributed by atoms with Crippen LogP contribution in [0.4, 0.5) is 8.78 Å². The second-order valence-corrected chi connectivity index (χ2v) is 4.47. The number of aromatic hydroxyl groups is 1. The molecule has 0 saturated carbocycles. The van der Waals surface area contributed by atoms with Crippen molar-refractivity contribution in [2.45, 2.75) is 6.11 Å². The average molecular weight is 346 g/mol. The first kappa shape index (κ1) is 17.3. The van der Waals surface area contributed by atoms with E-state index in [2.05, 4.69) is 26.9 Å². The molecular formula is C14H12F2O6S. The summed E-state index contributed by atoms with van der Waals surface area (Å²) < 4.78 is 38.7. The number of phenols is 1. The Balaban J connectivity index is 1.86. The number of benzene rings is 2. The molecule has 0 heterocycles. The molecule has 23 heavy (non-hydrogen) atoms. The lowest BCUT2D eigenvalue weighted by atomic mass is 10.1. The first-order valence-corrected chi connectivity index (χ1v) is 6.69. The normalized spacial score (nSPS) is 11.4. The van der Waals surface area contributed by atoms with Gasteiger partial charge in [-0.2, -0.15) is 13.1 Å². The van der Waals surface area contributed by atoms with Gasteiger partial charge in [0.1, 0.15) is 24.7 Å². The summed E-state index contributed by atoms with van der Waals surface area (Å²) in [6.45, 7) is -0.559. The van der Waals surface area contributed by atoms with Crippen LogP contribution in [0.25, 0.3) is 10.8 Å². The Morgan fingerprint density at radius 1 is 1.22 bits per heavy atom. The molecule has 0 aliphatic rings. The van der Waals surface area contributed by atoms with Gasteiger partial charge in [-0.1, -0.05) is 12.1 Å². The van der Waals surface area contributed by atoms with E-state index < -0.39 is 18.7 Å². The van der Waals surface area contributed by atoms with E-state index in [9.17, 15) is 18.7 Å². The SMILES string of the molecule is O=C(OCCOc1ccc2c(O)cccc2c1)C(F)(F)OOS. The molecule has 0 spiro atoms. The van der Waals surface area contributed by atoms with Crippen molar-refractivity contribution in [3.05, 3.63) is 36.4 Å². The Kier molecular flexibility index (Phi) is 5.59. The van der Waals surface area contributed by atoms with Crippen LogP contribution in [0.3, 0.4) is 0 Å². The van der Waals surface area contributed by atoms with Crippen molar-refractivity contribution in [1.82, 2.24) is 0 Å². The van der Waals surface area contributed by atoms with Crippen LogP contribution in [0.5, 0.6) is 11.5 Å². The minimum absolute atomic E-state index is 0.136. The number of esters is 1. The van der Waals surface area contributed by atoms with Gasteiger partial charge in [-0.3, -0.25) is 0 Å². The van der Waals surface area contributed by atoms with Crippen LogP contribution >= 0.6 is 12.9 Å². The summed E-state index contributed by atoms with van der Waals surface area (Å²) in [5.74, 6) is -1.35. The fourth-order valence-electron chi connectivity index (χ4n) is 1.79. The van der Waals surface area contributed by atoms with Crippen molar-refractivity contribution >= 4 is 29.7 Å². The quantitative estimate of drug-likeness (QED) is 0.201. The zero-order chi connectivity index (χ0) is 16.9. The van der Waals surface area contributed by atoms with Gasteiger partial charge in [0.15, 0.2) is 0 Å². The molecule has 2 aromatic carbocycles. The number of carbonyl (C=O) groups is 1. The van der Waals surface area contributed by atoms with E-state index >= 15 is 0 Å². The van der Waals surface area contributed by atoms with Crippen molar-refractivity contribution in [2.75, 3.05) is 13.2 Å². The third kappa shape index (κ3) is 4.44. The van der Waals surface area contributed by atoms with Crippen molar-refractivity contribution in [3.8, 4) is 11.5 Å². The molecule has 0 aliphatic heterocycles. The molecule has 0 aliphatic carbocycles. The van der Waals surface area contributed by atoms with E-state index in [4.69, 9.17) is 4.74 Å². The topological polar surface area (TPSA) is 74.2 Å². The Morgan fingerprint density at radius 2 is 2.00 bits per heavy atom. The van der Waals surface area contributed by atoms with Gasteiger partial charge >= 0.3 is 12.1 Å². The summed E-state index contributed by atoms with van der Waals surface area (Å²) in [5.41, 5.74) is 0. The molecule has 0 saturated heterocycles. The Labute approximate surface area is 135 Å². The molecule has 124 valence electrons. The summed E-state index contributed by atoms with van der Waals surface area (Å²) in [6, 6.07) is 9.91. The first-order chi connectivity index (χ1) is 10.9. The summed E-state index contributed by atoms with van der Waals surface area (Å²) in [6.07, 6.45) is -4.25. The third-order valence-electron chi connectivity index (χ3n) is 2.79. The molecule has 0 unspecified atom stereocenters. The molecule has 9 heteroatoms. The Morgan fingerprint density at radius 3 is 2.74 bits per heavy atom. The Hall–Kier alpha value is -2.10. The van der Waals surface area contributed by atoms with E-state index in [1.165, 1.54) is 0 Å². The standard InChI is InChI=1S/C14H12F2O6S/c15-14(16,21-22-23)13(18)20-7-6-19-10-4-5-11-9(8-10)2-1-3-12(11)17/h1-5,8,17,23H,6-7H2. The second kappa shape index (κ2) is 7.44. The van der Waals surface area contributed by atoms with E-state index in [0.717, 1.165) is 5.39 Å². The minimum Gasteiger partial charge on any atom is -0.507 e. The first-order valence-electron chi connectivity index (χ1n) is 6.33. The van der Waals surface area contributed by atoms with Crippen LogP contribution in [-0.2, 0) is 18.8 Å². The highest BCUT2D eigenvalue weighted by molar-refractivity contribution is 7.74. The van der Waals surface area contributed by atoms with E-state index in [1.54, 1.807) is 36.4 Å². The maximum absolute atomic E-state index is 12.8. The van der Waals surface area contributed by atoms with Crippen LogP contribution in [0.2, 0.25) is 0 Å². The number of hydrogen-bond donors (Lipinski definition) is 2. The monoisotopic (exact) mass is 346 g/mol. The van der Waals surface area contributed by atoms with Crippen molar-refractivity contribution < 1.29 is 37.4 Å². The molecule has 0 radical (unpaired) electrons. The highest BCUT2D eigenvalue weighted by Gasteiger charge is 2.44. The lowest BCUT2D eigenvalue weighted by Crippen LogP contribution is -2.34. The zero-order valence-corrected chi connectivity index (χ0v) is 12.5. The number of halogens is 2. The van der Waals surface area contributed by atoms with Crippen LogP contribution in [-0.4, -0.2) is 30.4 Å². The molecule has 0 amide bonds. The smallest absolute Gasteiger partial charge is 0.483 e. The summed E-state index contributed by atoms with van der Waals surface area (Å²) >= 11 is 2.95. The summed E-state index contributed by atoms with van der Waals surface area (Å²) in [4.78, 5) is 14.3. The van der Waals surface area contributed by atoms with Crippen LogP contribution in [0.1, 0.15) is 0 Å². The lowest BCUT2D eigenvalue weighted by Gasteiger charge is -2.13. The molecule has 0 bridgehead atoms. The predicted molar refractivity (Wildman–Crippen MR) is 78.2 cm³/mol. The number of fused-ring (bicyclic) bond motifs is 1. The van der Waals surface area contributed by atoms with Crippen LogP contribution in [0, 0.1) is 0 Å². The highest BCUT2D eigenvalue weighted by Crippen LogP contribution is 2.27. The number of ether oxygens (including phenoxy) is 2. The van der Waals surface area contributed by atoms with Gasteiger partial charge in [0, 0.05) is 18.3 Å². The number of carbonyl (C=O) groups excluding carboxylic acids is 1. The van der Waals surface area contributed by atoms with Crippen molar-refractivity contribution in [2.24, 2.45) is 0 Å². The molecule has 0 atom stereocenters. The minimum atomic E-state index is -4.25. The van der Waals surface area contributed by atoms with E-state index in [-0.39, 0.29) is 12.4 Å². The van der Waals surface area contributed by atoms with E-state index in [0.29, 0.717) is 11.1 Å². The summed E-state index contributed by atoms with van der Waals surface area (Å²) in [5, 5.41) is 11.0. The van der Waals surface area contributed by atoms with Crippen molar-refractivity contribution in [1.29, 1.82) is 0 Å². The number of alkyl halides is 2. The van der Waals surface area contributed by atoms with Gasteiger partial charge in [-0.05, 0) is 29.7 Å². The maximum atomic E-state index is 12.8. The van der Waals surface area contributed by atoms with Gasteiger partial charge in [-0.25, -0.2) is 4.79 Å². The molecule has 0 aromatic heterocycles. The summed E-state index contributed by atoms with van der Waals surface area (Å²) in [7, 11) is 0. The lowest BCUT2D eigenvalue weighted by molar-refractivity contribution is -0.369. The Bertz CT molecular complexity index is 694. The van der Waals surface area contributed by atoms with Gasteiger partial charge in [0.05, 0.1) is 0 Å². The van der Waals surface area contributed by atoms with E-state index in [1.807, 2.05) is 0 Å². The van der Waals surface area contributed by atoms with Gasteiger partial charge in [-0.15, -0.1) is 4.89 Å². The number of hydrogen-bond acceptors (Lipinski definition) is 7. The molecule has 2 aromatic rings. The van der Waals surface area contributed by atoms with Gasteiger partial charge in [0.25, 0.3) is 0 Å². The van der Waals surface area contributed by atoms with Crippen LogP contribution < -0.4 is 4.74 Å².